The number of aliphatic hydroxyl groups is 1. The van der Waals surface area contributed by atoms with Crippen LogP contribution in [-0.4, -0.2) is 37.3 Å². The molecule has 0 spiro atoms. The minimum Gasteiger partial charge on any atom is -0.390 e. The van der Waals surface area contributed by atoms with Crippen LogP contribution in [0, 0.1) is 0 Å². The number of aliphatic hydroxyl groups excluding tert-OH is 1. The monoisotopic (exact) mass is 302 g/mol. The molecule has 1 aliphatic carbocycles. The Kier molecular flexibility index (Phi) is 4.24. The molecule has 1 aliphatic rings. The van der Waals surface area contributed by atoms with Gasteiger partial charge in [0.25, 0.3) is 0 Å². The number of hydrogen-bond acceptors (Lipinski definition) is 4. The molecular formula is C13H22N2O4S. The van der Waals surface area contributed by atoms with Crippen LogP contribution in [0.5, 0.6) is 0 Å². The summed E-state index contributed by atoms with van der Waals surface area (Å²) in [5.74, 6) is 0. The van der Waals surface area contributed by atoms with E-state index >= 15 is 0 Å². The zero-order valence-electron chi connectivity index (χ0n) is 12.1. The van der Waals surface area contributed by atoms with Gasteiger partial charge in [0.05, 0.1) is 18.8 Å². The van der Waals surface area contributed by atoms with Crippen molar-refractivity contribution in [2.45, 2.75) is 49.8 Å². The van der Waals surface area contributed by atoms with E-state index in [-0.39, 0.29) is 18.1 Å². The number of sulfonamides is 1. The van der Waals surface area contributed by atoms with Crippen LogP contribution in [0.4, 0.5) is 0 Å². The van der Waals surface area contributed by atoms with Crippen molar-refractivity contribution in [2.75, 3.05) is 13.7 Å². The van der Waals surface area contributed by atoms with Crippen molar-refractivity contribution in [3.63, 3.8) is 0 Å². The van der Waals surface area contributed by atoms with Crippen LogP contribution in [0.3, 0.4) is 0 Å². The first kappa shape index (κ1) is 15.5. The summed E-state index contributed by atoms with van der Waals surface area (Å²) >= 11 is 0. The van der Waals surface area contributed by atoms with Gasteiger partial charge in [0.2, 0.25) is 10.0 Å². The highest BCUT2D eigenvalue weighted by molar-refractivity contribution is 7.89. The highest BCUT2D eigenvalue weighted by Gasteiger charge is 2.30. The van der Waals surface area contributed by atoms with E-state index in [2.05, 4.69) is 4.72 Å². The third-order valence-corrected chi connectivity index (χ3v) is 4.90. The van der Waals surface area contributed by atoms with E-state index in [0.29, 0.717) is 11.7 Å². The molecule has 0 bridgehead atoms. The first-order chi connectivity index (χ1) is 9.29. The van der Waals surface area contributed by atoms with E-state index in [4.69, 9.17) is 4.74 Å². The van der Waals surface area contributed by atoms with E-state index in [9.17, 15) is 13.5 Å². The summed E-state index contributed by atoms with van der Waals surface area (Å²) in [6.45, 7) is 3.65. The Morgan fingerprint density at radius 2 is 2.15 bits per heavy atom. The molecule has 0 aliphatic heterocycles. The quantitative estimate of drug-likeness (QED) is 0.788. The van der Waals surface area contributed by atoms with Gasteiger partial charge in [0.1, 0.15) is 4.90 Å². The maximum atomic E-state index is 12.4. The molecule has 1 fully saturated rings. The van der Waals surface area contributed by atoms with Gasteiger partial charge in [-0.2, -0.15) is 0 Å². The number of ether oxygens (including phenoxy) is 1. The summed E-state index contributed by atoms with van der Waals surface area (Å²) < 4.78 is 34.3. The molecule has 0 radical (unpaired) electrons. The average molecular weight is 302 g/mol. The second-order valence-corrected chi connectivity index (χ2v) is 7.57. The number of rotatable bonds is 7. The Hall–Kier alpha value is -0.890. The predicted octanol–water partition coefficient (Wildman–Crippen LogP) is 1.02. The topological polar surface area (TPSA) is 80.6 Å². The number of aromatic nitrogens is 1. The molecule has 0 atom stereocenters. The lowest BCUT2D eigenvalue weighted by atomic mass is 10.1. The molecule has 114 valence electrons. The van der Waals surface area contributed by atoms with E-state index in [0.717, 1.165) is 12.8 Å². The molecule has 1 saturated carbocycles. The fourth-order valence-corrected chi connectivity index (χ4v) is 3.72. The van der Waals surface area contributed by atoms with Crippen LogP contribution in [-0.2, 0) is 21.4 Å². The van der Waals surface area contributed by atoms with Gasteiger partial charge in [0.15, 0.2) is 0 Å². The summed E-state index contributed by atoms with van der Waals surface area (Å²) in [7, 11) is -2.09. The predicted molar refractivity (Wildman–Crippen MR) is 74.9 cm³/mol. The van der Waals surface area contributed by atoms with E-state index in [1.165, 1.54) is 13.2 Å². The van der Waals surface area contributed by atoms with E-state index in [1.807, 2.05) is 4.57 Å². The van der Waals surface area contributed by atoms with Crippen LogP contribution < -0.4 is 4.72 Å². The summed E-state index contributed by atoms with van der Waals surface area (Å²) in [6, 6.07) is 1.86. The molecule has 1 aromatic rings. The van der Waals surface area contributed by atoms with Gasteiger partial charge in [-0.1, -0.05) is 0 Å². The van der Waals surface area contributed by atoms with Gasteiger partial charge in [-0.25, -0.2) is 13.1 Å². The van der Waals surface area contributed by atoms with Gasteiger partial charge >= 0.3 is 0 Å². The summed E-state index contributed by atoms with van der Waals surface area (Å²) in [6.07, 6.45) is 3.67. The first-order valence-corrected chi connectivity index (χ1v) is 8.12. The summed E-state index contributed by atoms with van der Waals surface area (Å²) in [5, 5.41) is 9.33. The summed E-state index contributed by atoms with van der Waals surface area (Å²) in [4.78, 5) is 0.192. The van der Waals surface area contributed by atoms with Crippen molar-refractivity contribution >= 4 is 10.0 Å². The normalized spacial score (nSPS) is 16.6. The van der Waals surface area contributed by atoms with Crippen LogP contribution in [0.2, 0.25) is 0 Å². The molecule has 0 saturated heterocycles. The Bertz CT molecular complexity index is 573. The van der Waals surface area contributed by atoms with E-state index < -0.39 is 15.6 Å². The number of hydrogen-bond donors (Lipinski definition) is 2. The maximum absolute atomic E-state index is 12.4. The molecule has 1 aromatic heterocycles. The molecule has 0 unspecified atom stereocenters. The zero-order valence-corrected chi connectivity index (χ0v) is 12.9. The van der Waals surface area contributed by atoms with Crippen LogP contribution in [0.25, 0.3) is 0 Å². The van der Waals surface area contributed by atoms with Crippen LogP contribution in [0.15, 0.2) is 17.2 Å². The van der Waals surface area contributed by atoms with Gasteiger partial charge in [-0.05, 0) is 32.8 Å². The molecule has 1 heterocycles. The fraction of sp³-hybridized carbons (Fsp3) is 0.692. The fourth-order valence-electron chi connectivity index (χ4n) is 2.28. The molecule has 7 heteroatoms. The summed E-state index contributed by atoms with van der Waals surface area (Å²) in [5.41, 5.74) is -0.0494. The third-order valence-electron chi connectivity index (χ3n) is 3.24. The Morgan fingerprint density at radius 1 is 1.50 bits per heavy atom. The third kappa shape index (κ3) is 3.41. The van der Waals surface area contributed by atoms with Crippen molar-refractivity contribution < 1.29 is 18.3 Å². The van der Waals surface area contributed by atoms with Crippen molar-refractivity contribution in [3.05, 3.63) is 18.0 Å². The smallest absolute Gasteiger partial charge is 0.242 e. The molecule has 6 nitrogen and oxygen atoms in total. The standard InChI is InChI=1S/C13H22N2O4S/c1-13(2,9-19-3)14-20(17,18)12-6-11(8-16)15(7-12)10-4-5-10/h6-7,10,14,16H,4-5,8-9H2,1-3H3. The molecule has 0 amide bonds. The largest absolute Gasteiger partial charge is 0.390 e. The molecule has 0 aromatic carbocycles. The Morgan fingerprint density at radius 3 is 2.65 bits per heavy atom. The van der Waals surface area contributed by atoms with Crippen molar-refractivity contribution in [3.8, 4) is 0 Å². The Labute approximate surface area is 119 Å². The van der Waals surface area contributed by atoms with Crippen LogP contribution in [0.1, 0.15) is 38.4 Å². The van der Waals surface area contributed by atoms with Crippen molar-refractivity contribution in [2.24, 2.45) is 0 Å². The van der Waals surface area contributed by atoms with Crippen molar-refractivity contribution in [1.29, 1.82) is 0 Å². The van der Waals surface area contributed by atoms with Crippen molar-refractivity contribution in [1.82, 2.24) is 9.29 Å². The lowest BCUT2D eigenvalue weighted by Gasteiger charge is -2.24. The lowest BCUT2D eigenvalue weighted by Crippen LogP contribution is -2.46. The SMILES string of the molecule is COCC(C)(C)NS(=O)(=O)c1cc(CO)n(C2CC2)c1. The van der Waals surface area contributed by atoms with E-state index in [1.54, 1.807) is 20.0 Å². The average Bonchev–Trinajstić information content (AvgIpc) is 3.06. The van der Waals surface area contributed by atoms with Gasteiger partial charge in [-0.15, -0.1) is 0 Å². The van der Waals surface area contributed by atoms with Gasteiger partial charge < -0.3 is 14.4 Å². The number of methoxy groups -OCH3 is 1. The minimum absolute atomic E-state index is 0.159. The van der Waals surface area contributed by atoms with Gasteiger partial charge in [0, 0.05) is 25.0 Å². The molecular weight excluding hydrogens is 280 g/mol. The first-order valence-electron chi connectivity index (χ1n) is 6.63. The minimum atomic E-state index is -3.62. The second-order valence-electron chi connectivity index (χ2n) is 5.89. The maximum Gasteiger partial charge on any atom is 0.242 e. The lowest BCUT2D eigenvalue weighted by molar-refractivity contribution is 0.141. The zero-order chi connectivity index (χ0) is 15.0. The second kappa shape index (κ2) is 5.48. The molecule has 2 rings (SSSR count). The highest BCUT2D eigenvalue weighted by Crippen LogP contribution is 2.37. The number of nitrogens with one attached hydrogen (secondary N) is 1. The highest BCUT2D eigenvalue weighted by atomic mass is 32.2. The van der Waals surface area contributed by atoms with Gasteiger partial charge in [-0.3, -0.25) is 0 Å². The molecule has 2 N–H and O–H groups in total. The number of nitrogens with zero attached hydrogens (tertiary/aromatic N) is 1. The Balaban J connectivity index is 2.25. The van der Waals surface area contributed by atoms with Crippen LogP contribution >= 0.6 is 0 Å². The molecule has 20 heavy (non-hydrogen) atoms.